The van der Waals surface area contributed by atoms with Crippen molar-refractivity contribution in [2.75, 3.05) is 11.9 Å². The number of benzene rings is 2. The van der Waals surface area contributed by atoms with Gasteiger partial charge in [0.15, 0.2) is 0 Å². The van der Waals surface area contributed by atoms with Crippen LogP contribution < -0.4 is 5.32 Å². The number of amides is 2. The number of carbonyl (C=O) groups excluding carboxylic acids is 1. The van der Waals surface area contributed by atoms with E-state index in [1.165, 1.54) is 0 Å². The zero-order valence-corrected chi connectivity index (χ0v) is 17.7. The molecule has 1 N–H and O–H groups in total. The van der Waals surface area contributed by atoms with Gasteiger partial charge in [0.05, 0.1) is 22.8 Å². The van der Waals surface area contributed by atoms with Crippen LogP contribution in [-0.2, 0) is 6.54 Å². The second kappa shape index (κ2) is 9.46. The first-order valence-electron chi connectivity index (χ1n) is 9.03. The molecule has 146 valence electrons. The van der Waals surface area contributed by atoms with Crippen LogP contribution in [0.5, 0.6) is 0 Å². The Morgan fingerprint density at radius 3 is 2.64 bits per heavy atom. The average molecular weight is 437 g/mol. The fourth-order valence-electron chi connectivity index (χ4n) is 2.84. The SMILES string of the molecule is CCCCN(Cc1cc2ccccc2nc1Cl)C(=O)Nc1ccc(Cl)cc1Cl. The van der Waals surface area contributed by atoms with Gasteiger partial charge in [0.25, 0.3) is 0 Å². The monoisotopic (exact) mass is 435 g/mol. The Hall–Kier alpha value is -2.01. The molecule has 1 aromatic heterocycles. The van der Waals surface area contributed by atoms with Gasteiger partial charge in [0.1, 0.15) is 5.15 Å². The normalized spacial score (nSPS) is 10.9. The molecule has 0 aliphatic heterocycles. The number of hydrogen-bond donors (Lipinski definition) is 1. The summed E-state index contributed by atoms with van der Waals surface area (Å²) >= 11 is 18.5. The number of fused-ring (bicyclic) bond motifs is 1. The number of nitrogens with one attached hydrogen (secondary N) is 1. The molecule has 1 heterocycles. The minimum atomic E-state index is -0.248. The van der Waals surface area contributed by atoms with E-state index >= 15 is 0 Å². The van der Waals surface area contributed by atoms with Crippen LogP contribution in [0.25, 0.3) is 10.9 Å². The number of nitrogens with zero attached hydrogens (tertiary/aromatic N) is 2. The molecule has 0 saturated heterocycles. The van der Waals surface area contributed by atoms with E-state index in [2.05, 4.69) is 17.2 Å². The first-order valence-corrected chi connectivity index (χ1v) is 10.2. The van der Waals surface area contributed by atoms with Gasteiger partial charge in [0, 0.05) is 22.5 Å². The molecule has 0 aliphatic rings. The lowest BCUT2D eigenvalue weighted by Crippen LogP contribution is -2.35. The van der Waals surface area contributed by atoms with Crippen molar-refractivity contribution in [3.8, 4) is 0 Å². The number of anilines is 1. The maximum Gasteiger partial charge on any atom is 0.322 e. The molecular formula is C21H20Cl3N3O. The van der Waals surface area contributed by atoms with Gasteiger partial charge in [-0.15, -0.1) is 0 Å². The maximum atomic E-state index is 12.9. The van der Waals surface area contributed by atoms with Crippen LogP contribution in [0.1, 0.15) is 25.3 Å². The molecule has 28 heavy (non-hydrogen) atoms. The predicted molar refractivity (Wildman–Crippen MR) is 118 cm³/mol. The third kappa shape index (κ3) is 5.07. The number of halogens is 3. The van der Waals surface area contributed by atoms with Gasteiger partial charge in [0.2, 0.25) is 0 Å². The van der Waals surface area contributed by atoms with E-state index < -0.39 is 0 Å². The molecule has 4 nitrogen and oxygen atoms in total. The summed E-state index contributed by atoms with van der Waals surface area (Å²) in [5.41, 5.74) is 2.14. The van der Waals surface area contributed by atoms with E-state index in [0.29, 0.717) is 34.0 Å². The summed E-state index contributed by atoms with van der Waals surface area (Å²) in [6.07, 6.45) is 1.84. The summed E-state index contributed by atoms with van der Waals surface area (Å²) in [5.74, 6) is 0. The van der Waals surface area contributed by atoms with Gasteiger partial charge in [-0.3, -0.25) is 0 Å². The lowest BCUT2D eigenvalue weighted by Gasteiger charge is -2.24. The summed E-state index contributed by atoms with van der Waals surface area (Å²) in [5, 5.41) is 5.15. The first kappa shape index (κ1) is 20.7. The number of rotatable bonds is 6. The first-order chi connectivity index (χ1) is 13.5. The quantitative estimate of drug-likeness (QED) is 0.422. The molecule has 7 heteroatoms. The number of urea groups is 1. The van der Waals surface area contributed by atoms with E-state index in [-0.39, 0.29) is 6.03 Å². The Morgan fingerprint density at radius 2 is 1.89 bits per heavy atom. The Bertz CT molecular complexity index is 994. The summed E-state index contributed by atoms with van der Waals surface area (Å²) < 4.78 is 0. The van der Waals surface area contributed by atoms with Crippen LogP contribution in [-0.4, -0.2) is 22.5 Å². The van der Waals surface area contributed by atoms with Gasteiger partial charge in [-0.2, -0.15) is 0 Å². The molecule has 2 aromatic carbocycles. The summed E-state index contributed by atoms with van der Waals surface area (Å²) in [6, 6.07) is 14.5. The number of pyridine rings is 1. The summed E-state index contributed by atoms with van der Waals surface area (Å²) in [4.78, 5) is 19.1. The van der Waals surface area contributed by atoms with E-state index in [1.807, 2.05) is 30.3 Å². The third-order valence-electron chi connectivity index (χ3n) is 4.35. The van der Waals surface area contributed by atoms with Crippen LogP contribution >= 0.6 is 34.8 Å². The summed E-state index contributed by atoms with van der Waals surface area (Å²) in [6.45, 7) is 3.03. The average Bonchev–Trinajstić information content (AvgIpc) is 2.67. The number of hydrogen-bond acceptors (Lipinski definition) is 2. The van der Waals surface area contributed by atoms with Gasteiger partial charge < -0.3 is 10.2 Å². The van der Waals surface area contributed by atoms with Crippen molar-refractivity contribution >= 4 is 57.4 Å². The fraction of sp³-hybridized carbons (Fsp3) is 0.238. The van der Waals surface area contributed by atoms with Crippen molar-refractivity contribution in [1.29, 1.82) is 0 Å². The molecule has 0 saturated carbocycles. The molecule has 0 aliphatic carbocycles. The number of para-hydroxylation sites is 1. The summed E-state index contributed by atoms with van der Waals surface area (Å²) in [7, 11) is 0. The van der Waals surface area contributed by atoms with Crippen LogP contribution in [0.3, 0.4) is 0 Å². The van der Waals surface area contributed by atoms with Gasteiger partial charge >= 0.3 is 6.03 Å². The van der Waals surface area contributed by atoms with Crippen molar-refractivity contribution in [2.24, 2.45) is 0 Å². The Morgan fingerprint density at radius 1 is 1.11 bits per heavy atom. The molecule has 3 aromatic rings. The molecule has 0 fully saturated rings. The van der Waals surface area contributed by atoms with Crippen molar-refractivity contribution in [2.45, 2.75) is 26.3 Å². The second-order valence-electron chi connectivity index (χ2n) is 6.46. The fourth-order valence-corrected chi connectivity index (χ4v) is 3.50. The highest BCUT2D eigenvalue weighted by Crippen LogP contribution is 2.26. The number of carbonyl (C=O) groups is 1. The molecule has 2 amide bonds. The Kier molecular flexibility index (Phi) is 7.00. The molecule has 0 atom stereocenters. The predicted octanol–water partition coefficient (Wildman–Crippen LogP) is 7.03. The molecule has 0 bridgehead atoms. The molecule has 0 spiro atoms. The minimum Gasteiger partial charge on any atom is -0.320 e. The Labute approximate surface area is 179 Å². The van der Waals surface area contributed by atoms with Gasteiger partial charge in [-0.1, -0.05) is 66.3 Å². The zero-order valence-electron chi connectivity index (χ0n) is 15.4. The minimum absolute atomic E-state index is 0.248. The topological polar surface area (TPSA) is 45.2 Å². The standard InChI is InChI=1S/C21H20Cl3N3O/c1-2-3-10-27(21(28)26-19-9-8-16(22)12-17(19)23)13-15-11-14-6-4-5-7-18(14)25-20(15)24/h4-9,11-12H,2-3,10,13H2,1H3,(H,26,28). The van der Waals surface area contributed by atoms with E-state index in [4.69, 9.17) is 34.8 Å². The Balaban J connectivity index is 1.83. The van der Waals surface area contributed by atoms with Crippen LogP contribution in [0.4, 0.5) is 10.5 Å². The highest BCUT2D eigenvalue weighted by atomic mass is 35.5. The van der Waals surface area contributed by atoms with Crippen molar-refractivity contribution in [3.63, 3.8) is 0 Å². The van der Waals surface area contributed by atoms with Crippen LogP contribution in [0.2, 0.25) is 15.2 Å². The van der Waals surface area contributed by atoms with Crippen LogP contribution in [0, 0.1) is 0 Å². The molecule has 0 radical (unpaired) electrons. The van der Waals surface area contributed by atoms with Gasteiger partial charge in [-0.25, -0.2) is 9.78 Å². The highest BCUT2D eigenvalue weighted by molar-refractivity contribution is 6.36. The number of aromatic nitrogens is 1. The maximum absolute atomic E-state index is 12.9. The third-order valence-corrected chi connectivity index (χ3v) is 5.23. The zero-order chi connectivity index (χ0) is 20.1. The number of unbranched alkanes of at least 4 members (excludes halogenated alkanes) is 1. The van der Waals surface area contributed by atoms with Gasteiger partial charge in [-0.05, 0) is 36.8 Å². The smallest absolute Gasteiger partial charge is 0.320 e. The van der Waals surface area contributed by atoms with Crippen molar-refractivity contribution in [3.05, 3.63) is 69.3 Å². The lowest BCUT2D eigenvalue weighted by atomic mass is 10.1. The molecular weight excluding hydrogens is 417 g/mol. The van der Waals surface area contributed by atoms with Crippen LogP contribution in [0.15, 0.2) is 48.5 Å². The van der Waals surface area contributed by atoms with Crippen molar-refractivity contribution < 1.29 is 4.79 Å². The largest absolute Gasteiger partial charge is 0.322 e. The highest BCUT2D eigenvalue weighted by Gasteiger charge is 2.17. The molecule has 0 unspecified atom stereocenters. The second-order valence-corrected chi connectivity index (χ2v) is 7.66. The lowest BCUT2D eigenvalue weighted by molar-refractivity contribution is 0.208. The van der Waals surface area contributed by atoms with Crippen molar-refractivity contribution in [1.82, 2.24) is 9.88 Å². The van der Waals surface area contributed by atoms with E-state index in [9.17, 15) is 4.79 Å². The van der Waals surface area contributed by atoms with E-state index in [1.54, 1.807) is 23.1 Å². The molecule has 3 rings (SSSR count). The van der Waals surface area contributed by atoms with E-state index in [0.717, 1.165) is 29.3 Å².